The molecule has 0 fully saturated rings. The zero-order valence-electron chi connectivity index (χ0n) is 10.4. The van der Waals surface area contributed by atoms with Crippen molar-refractivity contribution in [2.45, 2.75) is 33.1 Å². The van der Waals surface area contributed by atoms with Gasteiger partial charge in [-0.05, 0) is 31.1 Å². The van der Waals surface area contributed by atoms with Gasteiger partial charge in [-0.2, -0.15) is 0 Å². The number of hydrogen-bond donors (Lipinski definition) is 1. The third-order valence-electron chi connectivity index (χ3n) is 2.83. The summed E-state index contributed by atoms with van der Waals surface area (Å²) in [4.78, 5) is 4.70. The fourth-order valence-corrected chi connectivity index (χ4v) is 2.63. The summed E-state index contributed by atoms with van der Waals surface area (Å²) in [5.74, 6) is 0.513. The van der Waals surface area contributed by atoms with E-state index in [0.29, 0.717) is 5.92 Å². The lowest BCUT2D eigenvalue weighted by molar-refractivity contribution is 0.332. The van der Waals surface area contributed by atoms with Crippen molar-refractivity contribution in [3.05, 3.63) is 23.4 Å². The van der Waals surface area contributed by atoms with Gasteiger partial charge >= 0.3 is 0 Å². The van der Waals surface area contributed by atoms with Crippen molar-refractivity contribution >= 4 is 16.8 Å². The Labute approximate surface area is 103 Å². The van der Waals surface area contributed by atoms with Crippen molar-refractivity contribution in [1.82, 2.24) is 0 Å². The molecule has 16 heavy (non-hydrogen) atoms. The Balaban J connectivity index is 3.07. The van der Waals surface area contributed by atoms with Crippen LogP contribution in [0.4, 0.5) is 0 Å². The molecule has 1 aliphatic heterocycles. The van der Waals surface area contributed by atoms with Gasteiger partial charge in [0.05, 0.1) is 17.3 Å². The van der Waals surface area contributed by atoms with Gasteiger partial charge in [0.1, 0.15) is 0 Å². The molecule has 0 aromatic carbocycles. The van der Waals surface area contributed by atoms with Gasteiger partial charge in [-0.1, -0.05) is 26.0 Å². The second-order valence-corrected chi connectivity index (χ2v) is 4.71. The first-order valence-corrected chi connectivity index (χ1v) is 7.12. The zero-order chi connectivity index (χ0) is 12.0. The summed E-state index contributed by atoms with van der Waals surface area (Å²) in [6.45, 7) is 4.38. The van der Waals surface area contributed by atoms with Crippen LogP contribution in [-0.2, 0) is 0 Å². The minimum atomic E-state index is 0.0907. The molecule has 0 saturated carbocycles. The molecule has 3 heteroatoms. The van der Waals surface area contributed by atoms with Gasteiger partial charge in [-0.3, -0.25) is 0 Å². The van der Waals surface area contributed by atoms with Gasteiger partial charge < -0.3 is 5.11 Å². The van der Waals surface area contributed by atoms with E-state index in [1.54, 1.807) is 11.8 Å². The van der Waals surface area contributed by atoms with Crippen LogP contribution in [0.15, 0.2) is 28.4 Å². The zero-order valence-corrected chi connectivity index (χ0v) is 11.2. The number of rotatable bonds is 3. The summed E-state index contributed by atoms with van der Waals surface area (Å²) in [6, 6.07) is 0. The smallest absolute Gasteiger partial charge is 0.0769 e. The molecule has 0 radical (unpaired) electrons. The largest absolute Gasteiger partial charge is 0.392 e. The average molecular weight is 239 g/mol. The van der Waals surface area contributed by atoms with E-state index in [9.17, 15) is 5.11 Å². The molecule has 0 bridgehead atoms. The summed E-state index contributed by atoms with van der Waals surface area (Å²) >= 11 is 1.73. The highest BCUT2D eigenvalue weighted by molar-refractivity contribution is 8.13. The molecule has 1 N–H and O–H groups in total. The van der Waals surface area contributed by atoms with Crippen LogP contribution in [0.2, 0.25) is 0 Å². The van der Waals surface area contributed by atoms with E-state index in [2.05, 4.69) is 32.3 Å². The summed E-state index contributed by atoms with van der Waals surface area (Å²) < 4.78 is 0. The molecule has 1 unspecified atom stereocenters. The molecule has 0 aromatic rings. The standard InChI is InChI=1S/C13H21NOS/c1-4-6-12-11(9-15)8-7-10(5-2)13(14-12)16-3/h6,8,10,15H,4-5,7,9H2,1-3H3/b12-6+. The van der Waals surface area contributed by atoms with Crippen molar-refractivity contribution in [3.63, 3.8) is 0 Å². The molecule has 1 rings (SSSR count). The molecule has 90 valence electrons. The van der Waals surface area contributed by atoms with Crippen LogP contribution in [0.25, 0.3) is 0 Å². The Kier molecular flexibility index (Phi) is 5.85. The van der Waals surface area contributed by atoms with Crippen LogP contribution in [-0.4, -0.2) is 23.0 Å². The fourth-order valence-electron chi connectivity index (χ4n) is 1.84. The molecule has 0 aromatic heterocycles. The molecule has 0 spiro atoms. The van der Waals surface area contributed by atoms with Crippen molar-refractivity contribution in [1.29, 1.82) is 0 Å². The van der Waals surface area contributed by atoms with Crippen LogP contribution in [0.3, 0.4) is 0 Å². The number of thioether (sulfide) groups is 1. The van der Waals surface area contributed by atoms with E-state index in [1.165, 1.54) is 5.04 Å². The lowest BCUT2D eigenvalue weighted by Gasteiger charge is -2.11. The number of aliphatic imine (C=N–C) groups is 1. The van der Waals surface area contributed by atoms with E-state index in [-0.39, 0.29) is 6.61 Å². The summed E-state index contributed by atoms with van der Waals surface area (Å²) in [5, 5.41) is 10.5. The van der Waals surface area contributed by atoms with Gasteiger partial charge in [0.2, 0.25) is 0 Å². The maximum atomic E-state index is 9.35. The molecule has 0 amide bonds. The third-order valence-corrected chi connectivity index (χ3v) is 3.67. The minimum absolute atomic E-state index is 0.0907. The third kappa shape index (κ3) is 3.22. The predicted octanol–water partition coefficient (Wildman–Crippen LogP) is 3.39. The number of aliphatic hydroxyl groups is 1. The first kappa shape index (κ1) is 13.5. The molecule has 1 heterocycles. The van der Waals surface area contributed by atoms with Gasteiger partial charge in [0.25, 0.3) is 0 Å². The van der Waals surface area contributed by atoms with E-state index in [1.807, 2.05) is 0 Å². The van der Waals surface area contributed by atoms with E-state index in [0.717, 1.165) is 30.5 Å². The summed E-state index contributed by atoms with van der Waals surface area (Å²) in [6.07, 6.45) is 9.36. The second kappa shape index (κ2) is 6.92. The van der Waals surface area contributed by atoms with Crippen LogP contribution in [0.5, 0.6) is 0 Å². The molecule has 0 saturated heterocycles. The first-order valence-electron chi connectivity index (χ1n) is 5.89. The Hall–Kier alpha value is -0.540. The molecule has 0 aliphatic carbocycles. The highest BCUT2D eigenvalue weighted by Crippen LogP contribution is 2.27. The van der Waals surface area contributed by atoms with Crippen LogP contribution < -0.4 is 0 Å². The van der Waals surface area contributed by atoms with Crippen LogP contribution in [0, 0.1) is 5.92 Å². The SMILES string of the molecule is CC/C=C1/N=C(SC)C(CC)CC=C1CO. The Bertz CT molecular complexity index is 318. The summed E-state index contributed by atoms with van der Waals surface area (Å²) in [7, 11) is 0. The van der Waals surface area contributed by atoms with Gasteiger partial charge in [-0.15, -0.1) is 11.8 Å². The van der Waals surface area contributed by atoms with Gasteiger partial charge in [-0.25, -0.2) is 4.99 Å². The number of nitrogens with zero attached hydrogens (tertiary/aromatic N) is 1. The Morgan fingerprint density at radius 2 is 2.31 bits per heavy atom. The number of allylic oxidation sites excluding steroid dienone is 2. The quantitative estimate of drug-likeness (QED) is 0.819. The number of aliphatic hydroxyl groups excluding tert-OH is 1. The lowest BCUT2D eigenvalue weighted by Crippen LogP contribution is -2.08. The molecule has 1 aliphatic rings. The van der Waals surface area contributed by atoms with Crippen molar-refractivity contribution in [2.75, 3.05) is 12.9 Å². The highest BCUT2D eigenvalue weighted by atomic mass is 32.2. The van der Waals surface area contributed by atoms with Gasteiger partial charge in [0, 0.05) is 5.92 Å². The predicted molar refractivity (Wildman–Crippen MR) is 72.9 cm³/mol. The normalized spacial score (nSPS) is 24.0. The van der Waals surface area contributed by atoms with Crippen LogP contribution in [0.1, 0.15) is 33.1 Å². The van der Waals surface area contributed by atoms with Gasteiger partial charge in [0.15, 0.2) is 0 Å². The van der Waals surface area contributed by atoms with E-state index < -0.39 is 0 Å². The Morgan fingerprint density at radius 1 is 1.56 bits per heavy atom. The summed E-state index contributed by atoms with van der Waals surface area (Å²) in [5.41, 5.74) is 1.94. The monoisotopic (exact) mass is 239 g/mol. The highest BCUT2D eigenvalue weighted by Gasteiger charge is 2.17. The minimum Gasteiger partial charge on any atom is -0.392 e. The van der Waals surface area contributed by atoms with Crippen molar-refractivity contribution < 1.29 is 5.11 Å². The molecule has 2 nitrogen and oxygen atoms in total. The maximum Gasteiger partial charge on any atom is 0.0769 e. The van der Waals surface area contributed by atoms with Crippen LogP contribution >= 0.6 is 11.8 Å². The maximum absolute atomic E-state index is 9.35. The fraction of sp³-hybridized carbons (Fsp3) is 0.615. The number of hydrogen-bond acceptors (Lipinski definition) is 3. The molecular formula is C13H21NOS. The average Bonchev–Trinajstić information content (AvgIpc) is 2.48. The molecular weight excluding hydrogens is 218 g/mol. The Morgan fingerprint density at radius 3 is 2.81 bits per heavy atom. The van der Waals surface area contributed by atoms with Crippen molar-refractivity contribution in [3.8, 4) is 0 Å². The van der Waals surface area contributed by atoms with Crippen molar-refractivity contribution in [2.24, 2.45) is 10.9 Å². The van der Waals surface area contributed by atoms with E-state index >= 15 is 0 Å². The van der Waals surface area contributed by atoms with E-state index in [4.69, 9.17) is 4.99 Å². The lowest BCUT2D eigenvalue weighted by atomic mass is 10.0. The topological polar surface area (TPSA) is 32.6 Å². The molecule has 1 atom stereocenters. The first-order chi connectivity index (χ1) is 7.76. The second-order valence-electron chi connectivity index (χ2n) is 3.88.